The maximum absolute atomic E-state index is 2.40. The molecule has 292 valence electrons. The van der Waals surface area contributed by atoms with Crippen molar-refractivity contribution in [3.05, 3.63) is 218 Å². The molecule has 61 heavy (non-hydrogen) atoms. The Morgan fingerprint density at radius 2 is 0.902 bits per heavy atom. The van der Waals surface area contributed by atoms with Crippen molar-refractivity contribution in [2.45, 2.75) is 31.6 Å². The lowest BCUT2D eigenvalue weighted by molar-refractivity contribution is 0.420. The Morgan fingerprint density at radius 1 is 0.393 bits per heavy atom. The number of rotatable bonds is 8. The Morgan fingerprint density at radius 3 is 1.46 bits per heavy atom. The zero-order valence-electron chi connectivity index (χ0n) is 34.2. The fourth-order valence-corrected chi connectivity index (χ4v) is 11.0. The Balaban J connectivity index is 0.925. The monoisotopic (exact) mass is 782 g/mol. The molecule has 2 saturated carbocycles. The third-order valence-corrected chi connectivity index (χ3v) is 13.9. The Bertz CT molecular complexity index is 3120. The highest BCUT2D eigenvalue weighted by molar-refractivity contribution is 6.09. The molecule has 1 aromatic heterocycles. The molecule has 2 aliphatic rings. The first-order valence-corrected chi connectivity index (χ1v) is 22.0. The topological polar surface area (TPSA) is 8.17 Å². The average Bonchev–Trinajstić information content (AvgIpc) is 4.07. The molecule has 10 aromatic rings. The van der Waals surface area contributed by atoms with Gasteiger partial charge < -0.3 is 9.47 Å². The maximum Gasteiger partial charge on any atom is 0.0541 e. The highest BCUT2D eigenvalue weighted by atomic mass is 15.1. The summed E-state index contributed by atoms with van der Waals surface area (Å²) in [6.07, 6.45) is 5.68. The summed E-state index contributed by atoms with van der Waals surface area (Å²) in [5.41, 5.74) is 15.9. The van der Waals surface area contributed by atoms with Crippen molar-refractivity contribution in [3.63, 3.8) is 0 Å². The molecule has 0 radical (unpaired) electrons. The number of aromatic nitrogens is 1. The van der Waals surface area contributed by atoms with Gasteiger partial charge in [-0.25, -0.2) is 0 Å². The largest absolute Gasteiger partial charge is 0.311 e. The third-order valence-electron chi connectivity index (χ3n) is 13.9. The van der Waals surface area contributed by atoms with Crippen molar-refractivity contribution in [2.75, 3.05) is 4.90 Å². The first-order chi connectivity index (χ1) is 30.2. The zero-order chi connectivity index (χ0) is 40.3. The zero-order valence-corrected chi connectivity index (χ0v) is 34.2. The number of hydrogen-bond donors (Lipinski definition) is 0. The molecule has 3 unspecified atom stereocenters. The number of para-hydroxylation sites is 2. The van der Waals surface area contributed by atoms with Gasteiger partial charge >= 0.3 is 0 Å². The van der Waals surface area contributed by atoms with Crippen LogP contribution in [0.1, 0.15) is 37.2 Å². The summed E-state index contributed by atoms with van der Waals surface area (Å²) in [7, 11) is 0. The van der Waals surface area contributed by atoms with Gasteiger partial charge in [0.25, 0.3) is 0 Å². The second-order valence-corrected chi connectivity index (χ2v) is 17.3. The van der Waals surface area contributed by atoms with E-state index in [0.29, 0.717) is 0 Å². The number of nitrogens with zero attached hydrogens (tertiary/aromatic N) is 2. The van der Waals surface area contributed by atoms with E-state index in [1.165, 1.54) is 97.2 Å². The van der Waals surface area contributed by atoms with Crippen molar-refractivity contribution in [1.29, 1.82) is 0 Å². The maximum atomic E-state index is 2.40. The van der Waals surface area contributed by atoms with Crippen molar-refractivity contribution in [2.24, 2.45) is 11.8 Å². The van der Waals surface area contributed by atoms with Crippen molar-refractivity contribution < 1.29 is 0 Å². The van der Waals surface area contributed by atoms with Gasteiger partial charge in [-0.1, -0.05) is 158 Å². The Labute approximate surface area is 358 Å². The molecule has 2 nitrogen and oxygen atoms in total. The lowest BCUT2D eigenvalue weighted by atomic mass is 9.83. The highest BCUT2D eigenvalue weighted by Gasteiger charge is 2.40. The summed E-state index contributed by atoms with van der Waals surface area (Å²) in [5.74, 6) is 2.60. The normalized spacial score (nSPS) is 17.1. The highest BCUT2D eigenvalue weighted by Crippen LogP contribution is 2.53. The summed E-state index contributed by atoms with van der Waals surface area (Å²) >= 11 is 0. The minimum Gasteiger partial charge on any atom is -0.311 e. The fraction of sp³-hybridized carbons (Fsp3) is 0.119. The van der Waals surface area contributed by atoms with Crippen LogP contribution in [0.5, 0.6) is 0 Å². The summed E-state index contributed by atoms with van der Waals surface area (Å²) in [5, 5.41) is 5.06. The SMILES string of the molecule is c1ccc(-c2cccc3cccc(-c4ccc(N(c5ccc(-c6ccc(C7CC8CCC7C8)cc6)cc5)c5ccc(-n6c7ccccc7c7ccccc76)cc5)cc4)c23)cc1. The van der Waals surface area contributed by atoms with E-state index in [4.69, 9.17) is 0 Å². The summed E-state index contributed by atoms with van der Waals surface area (Å²) in [6.45, 7) is 0. The van der Waals surface area contributed by atoms with Crippen LogP contribution in [-0.2, 0) is 0 Å². The van der Waals surface area contributed by atoms with Gasteiger partial charge in [-0.2, -0.15) is 0 Å². The van der Waals surface area contributed by atoms with Gasteiger partial charge in [0.1, 0.15) is 0 Å². The lowest BCUT2D eigenvalue weighted by Crippen LogP contribution is -2.10. The predicted octanol–water partition coefficient (Wildman–Crippen LogP) is 16.3. The molecular weight excluding hydrogens is 737 g/mol. The molecule has 2 aliphatic carbocycles. The van der Waals surface area contributed by atoms with Crippen LogP contribution >= 0.6 is 0 Å². The number of fused-ring (bicyclic) bond motifs is 6. The van der Waals surface area contributed by atoms with Gasteiger partial charge in [-0.15, -0.1) is 0 Å². The van der Waals surface area contributed by atoms with Crippen LogP contribution in [0.3, 0.4) is 0 Å². The molecule has 1 heterocycles. The van der Waals surface area contributed by atoms with Crippen LogP contribution in [0, 0.1) is 11.8 Å². The smallest absolute Gasteiger partial charge is 0.0541 e. The fourth-order valence-electron chi connectivity index (χ4n) is 11.0. The molecule has 2 bridgehead atoms. The minimum absolute atomic E-state index is 0.753. The van der Waals surface area contributed by atoms with Crippen LogP contribution in [0.2, 0.25) is 0 Å². The van der Waals surface area contributed by atoms with E-state index >= 15 is 0 Å². The van der Waals surface area contributed by atoms with Crippen LogP contribution in [0.4, 0.5) is 17.1 Å². The average molecular weight is 783 g/mol. The molecular formula is C59H46N2. The summed E-state index contributed by atoms with van der Waals surface area (Å²) in [6, 6.07) is 78.3. The molecule has 3 atom stereocenters. The summed E-state index contributed by atoms with van der Waals surface area (Å²) in [4.78, 5) is 2.39. The van der Waals surface area contributed by atoms with Gasteiger partial charge in [0.15, 0.2) is 0 Å². The van der Waals surface area contributed by atoms with E-state index in [1.807, 2.05) is 0 Å². The van der Waals surface area contributed by atoms with Gasteiger partial charge in [-0.3, -0.25) is 0 Å². The molecule has 9 aromatic carbocycles. The van der Waals surface area contributed by atoms with Gasteiger partial charge in [0.2, 0.25) is 0 Å². The first kappa shape index (κ1) is 35.8. The quantitative estimate of drug-likeness (QED) is 0.149. The lowest BCUT2D eigenvalue weighted by Gasteiger charge is -2.26. The molecule has 2 heteroatoms. The number of anilines is 3. The molecule has 0 N–H and O–H groups in total. The second-order valence-electron chi connectivity index (χ2n) is 17.3. The Hall–Kier alpha value is -7.16. The first-order valence-electron chi connectivity index (χ1n) is 22.0. The number of benzene rings is 9. The molecule has 2 fully saturated rings. The van der Waals surface area contributed by atoms with E-state index in [2.05, 4.69) is 222 Å². The van der Waals surface area contributed by atoms with Crippen LogP contribution in [0.25, 0.3) is 71.6 Å². The van der Waals surface area contributed by atoms with Crippen LogP contribution < -0.4 is 4.90 Å². The molecule has 0 spiro atoms. The van der Waals surface area contributed by atoms with E-state index in [0.717, 1.165) is 40.5 Å². The summed E-state index contributed by atoms with van der Waals surface area (Å²) < 4.78 is 2.39. The molecule has 0 saturated heterocycles. The van der Waals surface area contributed by atoms with Crippen molar-refractivity contribution in [3.8, 4) is 39.1 Å². The molecule has 0 aliphatic heterocycles. The van der Waals surface area contributed by atoms with E-state index in [1.54, 1.807) is 0 Å². The van der Waals surface area contributed by atoms with Crippen LogP contribution in [0.15, 0.2) is 212 Å². The standard InChI is InChI=1S/C59H46N2/c1-2-10-43(11-3-1)52-16-8-12-46-13-9-17-53(59(46)52)44-28-32-49(33-29-44)60(48-30-26-42(27-31-48)41-22-24-45(25-23-41)56-39-40-20-21-47(56)38-40)50-34-36-51(37-35-50)61-57-18-6-4-14-54(57)55-15-5-7-19-58(55)61/h1-19,22-37,40,47,56H,20-21,38-39H2. The predicted molar refractivity (Wildman–Crippen MR) is 257 cm³/mol. The van der Waals surface area contributed by atoms with Gasteiger partial charge in [-0.05, 0) is 147 Å². The third kappa shape index (κ3) is 6.25. The van der Waals surface area contributed by atoms with Gasteiger partial charge in [0.05, 0.1) is 11.0 Å². The number of hydrogen-bond acceptors (Lipinski definition) is 1. The van der Waals surface area contributed by atoms with E-state index in [-0.39, 0.29) is 0 Å². The van der Waals surface area contributed by atoms with Crippen molar-refractivity contribution >= 4 is 49.6 Å². The van der Waals surface area contributed by atoms with Crippen LogP contribution in [-0.4, -0.2) is 4.57 Å². The van der Waals surface area contributed by atoms with E-state index in [9.17, 15) is 0 Å². The Kier molecular flexibility index (Phi) is 8.70. The molecule has 0 amide bonds. The minimum atomic E-state index is 0.753. The van der Waals surface area contributed by atoms with Crippen molar-refractivity contribution in [1.82, 2.24) is 4.57 Å². The van der Waals surface area contributed by atoms with E-state index < -0.39 is 0 Å². The second kappa shape index (κ2) is 14.8. The van der Waals surface area contributed by atoms with Gasteiger partial charge in [0, 0.05) is 33.5 Å². The molecule has 12 rings (SSSR count).